The Balaban J connectivity index is 2.09. The van der Waals surface area contributed by atoms with Crippen molar-refractivity contribution in [1.29, 1.82) is 0 Å². The van der Waals surface area contributed by atoms with Crippen molar-refractivity contribution in [2.75, 3.05) is 6.54 Å². The summed E-state index contributed by atoms with van der Waals surface area (Å²) in [4.78, 5) is 9.06. The van der Waals surface area contributed by atoms with Crippen LogP contribution in [0, 0.1) is 0 Å². The van der Waals surface area contributed by atoms with Crippen molar-refractivity contribution in [1.82, 2.24) is 0 Å². The van der Waals surface area contributed by atoms with E-state index in [-0.39, 0.29) is 6.10 Å². The average Bonchev–Trinajstić information content (AvgIpc) is 2.75. The fraction of sp³-hybridized carbons (Fsp3) is 0.273. The quantitative estimate of drug-likeness (QED) is 0.612. The minimum absolute atomic E-state index is 0.0540. The molecular weight excluding hydrogens is 244 g/mol. The van der Waals surface area contributed by atoms with Crippen molar-refractivity contribution in [3.63, 3.8) is 0 Å². The highest BCUT2D eigenvalue weighted by molar-refractivity contribution is 7.78. The highest BCUT2D eigenvalue weighted by atomic mass is 35.5. The summed E-state index contributed by atoms with van der Waals surface area (Å²) in [5, 5.41) is 7.01. The average molecular weight is 253 g/mol. The van der Waals surface area contributed by atoms with Gasteiger partial charge in [0.15, 0.2) is 6.10 Å². The molecule has 0 aliphatic carbocycles. The topological polar surface area (TPSA) is 34.0 Å². The lowest BCUT2D eigenvalue weighted by molar-refractivity contribution is 0.0924. The lowest BCUT2D eigenvalue weighted by Gasteiger charge is -2.03. The third-order valence-corrected chi connectivity index (χ3v) is 2.74. The predicted molar refractivity (Wildman–Crippen MR) is 67.4 cm³/mol. The summed E-state index contributed by atoms with van der Waals surface area (Å²) in [6, 6.07) is 7.57. The Morgan fingerprint density at radius 1 is 1.56 bits per heavy atom. The number of aliphatic imine (C=N–C) groups is 1. The molecule has 3 nitrogen and oxygen atoms in total. The van der Waals surface area contributed by atoms with Gasteiger partial charge in [-0.25, -0.2) is 4.99 Å². The van der Waals surface area contributed by atoms with Gasteiger partial charge in [0.05, 0.1) is 17.4 Å². The molecule has 1 aliphatic heterocycles. The van der Waals surface area contributed by atoms with Gasteiger partial charge in [0.1, 0.15) is 0 Å². The Labute approximate surface area is 104 Å². The second kappa shape index (κ2) is 5.21. The molecule has 0 bridgehead atoms. The fourth-order valence-corrected chi connectivity index (χ4v) is 1.84. The Morgan fingerprint density at radius 3 is 3.12 bits per heavy atom. The first-order chi connectivity index (χ1) is 7.81. The minimum Gasteiger partial charge on any atom is -0.390 e. The first-order valence-corrected chi connectivity index (χ1v) is 5.61. The molecule has 0 spiro atoms. The molecule has 1 unspecified atom stereocenters. The number of rotatable bonds is 3. The van der Waals surface area contributed by atoms with Crippen LogP contribution in [0.15, 0.2) is 34.4 Å². The van der Waals surface area contributed by atoms with E-state index in [4.69, 9.17) is 16.4 Å². The summed E-state index contributed by atoms with van der Waals surface area (Å²) in [7, 11) is 0. The van der Waals surface area contributed by atoms with Gasteiger partial charge in [0.2, 0.25) is 0 Å². The van der Waals surface area contributed by atoms with Crippen molar-refractivity contribution in [2.45, 2.75) is 12.5 Å². The van der Waals surface area contributed by atoms with Crippen LogP contribution in [0.1, 0.15) is 12.0 Å². The molecule has 2 rings (SSSR count). The van der Waals surface area contributed by atoms with Gasteiger partial charge in [0, 0.05) is 17.0 Å². The first kappa shape index (κ1) is 11.3. The van der Waals surface area contributed by atoms with E-state index in [1.807, 2.05) is 24.3 Å². The summed E-state index contributed by atoms with van der Waals surface area (Å²) >= 11 is 10.6. The molecule has 0 aromatic heterocycles. The smallest absolute Gasteiger partial charge is 0.153 e. The largest absolute Gasteiger partial charge is 0.390 e. The number of thiocarbonyl (C=S) groups is 1. The Kier molecular flexibility index (Phi) is 3.67. The van der Waals surface area contributed by atoms with Crippen molar-refractivity contribution in [3.8, 4) is 0 Å². The highest BCUT2D eigenvalue weighted by Gasteiger charge is 2.22. The monoisotopic (exact) mass is 252 g/mol. The molecular formula is C11H9ClN2OS. The van der Waals surface area contributed by atoms with Gasteiger partial charge in [-0.15, -0.1) is 0 Å². The lowest BCUT2D eigenvalue weighted by atomic mass is 10.1. The molecule has 1 aliphatic rings. The third kappa shape index (κ3) is 2.47. The predicted octanol–water partition coefficient (Wildman–Crippen LogP) is 2.94. The van der Waals surface area contributed by atoms with Crippen LogP contribution in [0.2, 0.25) is 5.02 Å². The van der Waals surface area contributed by atoms with Crippen molar-refractivity contribution >= 4 is 34.7 Å². The standard InChI is InChI=1S/C11H9ClN2OS/c12-10-4-2-1-3-9(10)11-5-8(15-14-11)6-13-7-16/h1-4,8H,5-6H2. The minimum atomic E-state index is -0.0540. The van der Waals surface area contributed by atoms with E-state index in [2.05, 4.69) is 27.5 Å². The molecule has 1 aromatic rings. The van der Waals surface area contributed by atoms with Gasteiger partial charge in [0.25, 0.3) is 0 Å². The van der Waals surface area contributed by atoms with E-state index in [9.17, 15) is 0 Å². The van der Waals surface area contributed by atoms with Gasteiger partial charge in [-0.05, 0) is 18.3 Å². The summed E-state index contributed by atoms with van der Waals surface area (Å²) in [6.07, 6.45) is 0.645. The Hall–Kier alpha value is -1.22. The molecule has 0 fully saturated rings. The van der Waals surface area contributed by atoms with E-state index >= 15 is 0 Å². The Bertz CT molecular complexity index is 469. The first-order valence-electron chi connectivity index (χ1n) is 4.82. The van der Waals surface area contributed by atoms with Crippen LogP contribution in [-0.2, 0) is 4.84 Å². The van der Waals surface area contributed by atoms with Crippen LogP contribution in [-0.4, -0.2) is 23.5 Å². The van der Waals surface area contributed by atoms with Gasteiger partial charge >= 0.3 is 0 Å². The number of isothiocyanates is 1. The van der Waals surface area contributed by atoms with E-state index in [0.717, 1.165) is 11.3 Å². The Morgan fingerprint density at radius 2 is 2.38 bits per heavy atom. The van der Waals surface area contributed by atoms with Gasteiger partial charge in [-0.2, -0.15) is 0 Å². The number of benzene rings is 1. The number of halogens is 1. The zero-order chi connectivity index (χ0) is 11.4. The molecule has 0 N–H and O–H groups in total. The number of hydrogen-bond acceptors (Lipinski definition) is 4. The van der Waals surface area contributed by atoms with E-state index < -0.39 is 0 Å². The fourth-order valence-electron chi connectivity index (χ4n) is 1.52. The van der Waals surface area contributed by atoms with Crippen molar-refractivity contribution in [2.24, 2.45) is 10.1 Å². The molecule has 82 valence electrons. The molecule has 0 saturated carbocycles. The van der Waals surface area contributed by atoms with Crippen LogP contribution in [0.5, 0.6) is 0 Å². The lowest BCUT2D eigenvalue weighted by Crippen LogP contribution is -2.12. The highest BCUT2D eigenvalue weighted by Crippen LogP contribution is 2.22. The summed E-state index contributed by atoms with van der Waals surface area (Å²) in [5.74, 6) is 0. The summed E-state index contributed by atoms with van der Waals surface area (Å²) in [6.45, 7) is 0.487. The maximum atomic E-state index is 6.07. The summed E-state index contributed by atoms with van der Waals surface area (Å²) in [5.41, 5.74) is 1.77. The number of nitrogens with zero attached hydrogens (tertiary/aromatic N) is 2. The van der Waals surface area contributed by atoms with Gasteiger partial charge < -0.3 is 4.84 Å². The molecule has 1 heterocycles. The molecule has 1 aromatic carbocycles. The summed E-state index contributed by atoms with van der Waals surface area (Å²) < 4.78 is 0. The second-order valence-corrected chi connectivity index (χ2v) is 3.97. The van der Waals surface area contributed by atoms with Crippen LogP contribution in [0.25, 0.3) is 0 Å². The van der Waals surface area contributed by atoms with Crippen molar-refractivity contribution in [3.05, 3.63) is 34.9 Å². The van der Waals surface area contributed by atoms with Crippen molar-refractivity contribution < 1.29 is 4.84 Å². The molecule has 0 radical (unpaired) electrons. The zero-order valence-electron chi connectivity index (χ0n) is 8.39. The maximum Gasteiger partial charge on any atom is 0.153 e. The van der Waals surface area contributed by atoms with Crippen LogP contribution in [0.3, 0.4) is 0 Å². The number of oxime groups is 1. The molecule has 1 atom stereocenters. The van der Waals surface area contributed by atoms with Gasteiger partial charge in [-0.1, -0.05) is 35.0 Å². The van der Waals surface area contributed by atoms with Crippen LogP contribution >= 0.6 is 23.8 Å². The normalized spacial score (nSPS) is 18.6. The van der Waals surface area contributed by atoms with Crippen LogP contribution in [0.4, 0.5) is 0 Å². The van der Waals surface area contributed by atoms with E-state index in [1.54, 1.807) is 0 Å². The second-order valence-electron chi connectivity index (χ2n) is 3.38. The maximum absolute atomic E-state index is 6.07. The molecule has 0 amide bonds. The van der Waals surface area contributed by atoms with E-state index in [0.29, 0.717) is 18.0 Å². The number of hydrogen-bond donors (Lipinski definition) is 0. The van der Waals surface area contributed by atoms with Crippen LogP contribution < -0.4 is 0 Å². The zero-order valence-corrected chi connectivity index (χ0v) is 9.96. The van der Waals surface area contributed by atoms with Gasteiger partial charge in [-0.3, -0.25) is 0 Å². The SMILES string of the molecule is S=C=NCC1CC(c2ccccc2Cl)=NO1. The van der Waals surface area contributed by atoms with E-state index in [1.165, 1.54) is 0 Å². The molecule has 5 heteroatoms. The molecule has 16 heavy (non-hydrogen) atoms. The molecule has 0 saturated heterocycles. The third-order valence-electron chi connectivity index (χ3n) is 2.28.